The number of nitrogens with two attached hydrogens (primary N) is 1. The normalized spacial score (nSPS) is 13.0. The molecule has 2 rings (SSSR count). The van der Waals surface area contributed by atoms with Crippen molar-refractivity contribution in [3.8, 4) is 0 Å². The van der Waals surface area contributed by atoms with Crippen molar-refractivity contribution in [2.24, 2.45) is 5.73 Å². The van der Waals surface area contributed by atoms with Crippen molar-refractivity contribution in [2.75, 3.05) is 0 Å². The van der Waals surface area contributed by atoms with Crippen LogP contribution in [0.2, 0.25) is 0 Å². The monoisotopic (exact) mass is 315 g/mol. The Morgan fingerprint density at radius 2 is 2.19 bits per heavy atom. The average Bonchev–Trinajstić information content (AvgIpc) is 2.76. The second-order valence-electron chi connectivity index (χ2n) is 3.89. The van der Waals surface area contributed by atoms with Crippen LogP contribution >= 0.6 is 38.6 Å². The van der Waals surface area contributed by atoms with Crippen LogP contribution in [0.25, 0.3) is 0 Å². The standard InChI is InChI=1S/C12H14BrNS2/c1-7-5-12(16-8(7)2)10(14)6-11-9(13)3-4-15-11/h3-5,10H,6,14H2,1-2H3. The molecule has 2 aromatic rings. The molecule has 0 bridgehead atoms. The van der Waals surface area contributed by atoms with Crippen LogP contribution in [-0.2, 0) is 6.42 Å². The summed E-state index contributed by atoms with van der Waals surface area (Å²) in [5.41, 5.74) is 7.58. The molecule has 0 aromatic carbocycles. The summed E-state index contributed by atoms with van der Waals surface area (Å²) in [6.45, 7) is 4.29. The van der Waals surface area contributed by atoms with Gasteiger partial charge in [0.2, 0.25) is 0 Å². The Morgan fingerprint density at radius 1 is 1.44 bits per heavy atom. The van der Waals surface area contributed by atoms with E-state index in [1.807, 2.05) is 11.3 Å². The lowest BCUT2D eigenvalue weighted by Crippen LogP contribution is -2.11. The Morgan fingerprint density at radius 3 is 2.69 bits per heavy atom. The van der Waals surface area contributed by atoms with Gasteiger partial charge in [-0.1, -0.05) is 0 Å². The SMILES string of the molecule is Cc1cc(C(N)Cc2sccc2Br)sc1C. The first-order valence-corrected chi connectivity index (χ1v) is 7.61. The number of aryl methyl sites for hydroxylation is 2. The molecule has 2 heterocycles. The van der Waals surface area contributed by atoms with E-state index >= 15 is 0 Å². The highest BCUT2D eigenvalue weighted by molar-refractivity contribution is 9.10. The van der Waals surface area contributed by atoms with E-state index in [1.165, 1.54) is 24.7 Å². The zero-order valence-corrected chi connectivity index (χ0v) is 12.5. The molecule has 2 N–H and O–H groups in total. The summed E-state index contributed by atoms with van der Waals surface area (Å²) in [5.74, 6) is 0. The van der Waals surface area contributed by atoms with Gasteiger partial charge in [-0.05, 0) is 52.9 Å². The van der Waals surface area contributed by atoms with Crippen LogP contribution < -0.4 is 5.73 Å². The molecule has 0 aliphatic rings. The first-order chi connectivity index (χ1) is 7.58. The third kappa shape index (κ3) is 2.56. The summed E-state index contributed by atoms with van der Waals surface area (Å²) >= 11 is 7.12. The fourth-order valence-electron chi connectivity index (χ4n) is 1.56. The molecule has 2 aromatic heterocycles. The van der Waals surface area contributed by atoms with Gasteiger partial charge in [0.05, 0.1) is 0 Å². The van der Waals surface area contributed by atoms with E-state index < -0.39 is 0 Å². The first-order valence-electron chi connectivity index (χ1n) is 5.12. The maximum absolute atomic E-state index is 6.23. The molecule has 1 atom stereocenters. The van der Waals surface area contributed by atoms with Gasteiger partial charge in [-0.25, -0.2) is 0 Å². The average molecular weight is 316 g/mol. The summed E-state index contributed by atoms with van der Waals surface area (Å²) in [7, 11) is 0. The van der Waals surface area contributed by atoms with Gasteiger partial charge in [0, 0.05) is 31.6 Å². The Kier molecular flexibility index (Phi) is 3.85. The smallest absolute Gasteiger partial charge is 0.0439 e. The van der Waals surface area contributed by atoms with Crippen LogP contribution in [0.15, 0.2) is 22.0 Å². The summed E-state index contributed by atoms with van der Waals surface area (Å²) in [4.78, 5) is 3.99. The van der Waals surface area contributed by atoms with Crippen molar-refractivity contribution >= 4 is 38.6 Å². The predicted octanol–water partition coefficient (Wildman–Crippen LogP) is 4.43. The summed E-state index contributed by atoms with van der Waals surface area (Å²) < 4.78 is 1.18. The Bertz CT molecular complexity index is 467. The fraction of sp³-hybridized carbons (Fsp3) is 0.333. The molecule has 1 unspecified atom stereocenters. The lowest BCUT2D eigenvalue weighted by molar-refractivity contribution is 0.743. The van der Waals surface area contributed by atoms with Crippen molar-refractivity contribution in [3.05, 3.63) is 42.2 Å². The Labute approximate surface area is 112 Å². The second-order valence-corrected chi connectivity index (χ2v) is 7.03. The lowest BCUT2D eigenvalue weighted by atomic mass is 10.1. The van der Waals surface area contributed by atoms with E-state index in [4.69, 9.17) is 5.73 Å². The minimum Gasteiger partial charge on any atom is -0.323 e. The first kappa shape index (κ1) is 12.3. The van der Waals surface area contributed by atoms with Crippen LogP contribution in [0.4, 0.5) is 0 Å². The molecular weight excluding hydrogens is 302 g/mol. The molecule has 0 radical (unpaired) electrons. The molecule has 86 valence electrons. The van der Waals surface area contributed by atoms with Gasteiger partial charge in [0.25, 0.3) is 0 Å². The molecule has 0 spiro atoms. The maximum atomic E-state index is 6.23. The zero-order chi connectivity index (χ0) is 11.7. The van der Waals surface area contributed by atoms with E-state index in [9.17, 15) is 0 Å². The van der Waals surface area contributed by atoms with Crippen molar-refractivity contribution < 1.29 is 0 Å². The van der Waals surface area contributed by atoms with E-state index in [0.29, 0.717) is 0 Å². The summed E-state index contributed by atoms with van der Waals surface area (Å²) in [5, 5.41) is 2.09. The molecule has 16 heavy (non-hydrogen) atoms. The Hall–Kier alpha value is -0.160. The van der Waals surface area contributed by atoms with Gasteiger partial charge in [0.1, 0.15) is 0 Å². The van der Waals surface area contributed by atoms with E-state index in [1.54, 1.807) is 11.3 Å². The molecule has 0 aliphatic carbocycles. The largest absolute Gasteiger partial charge is 0.323 e. The highest BCUT2D eigenvalue weighted by Gasteiger charge is 2.13. The molecular formula is C12H14BrNS2. The maximum Gasteiger partial charge on any atom is 0.0439 e. The lowest BCUT2D eigenvalue weighted by Gasteiger charge is -2.08. The number of halogens is 1. The molecule has 4 heteroatoms. The van der Waals surface area contributed by atoms with Crippen molar-refractivity contribution in [1.82, 2.24) is 0 Å². The highest BCUT2D eigenvalue weighted by atomic mass is 79.9. The molecule has 0 saturated heterocycles. The molecule has 0 aliphatic heterocycles. The topological polar surface area (TPSA) is 26.0 Å². The number of hydrogen-bond donors (Lipinski definition) is 1. The molecule has 0 fully saturated rings. The van der Waals surface area contributed by atoms with Crippen molar-refractivity contribution in [2.45, 2.75) is 26.3 Å². The number of hydrogen-bond acceptors (Lipinski definition) is 3. The molecule has 0 amide bonds. The van der Waals surface area contributed by atoms with Crippen LogP contribution in [0.5, 0.6) is 0 Å². The molecule has 1 nitrogen and oxygen atoms in total. The van der Waals surface area contributed by atoms with Crippen molar-refractivity contribution in [3.63, 3.8) is 0 Å². The third-order valence-corrected chi connectivity index (χ3v) is 5.88. The van der Waals surface area contributed by atoms with Gasteiger partial charge in [-0.3, -0.25) is 0 Å². The van der Waals surface area contributed by atoms with Gasteiger partial charge >= 0.3 is 0 Å². The van der Waals surface area contributed by atoms with E-state index in [-0.39, 0.29) is 6.04 Å². The highest BCUT2D eigenvalue weighted by Crippen LogP contribution is 2.31. The van der Waals surface area contributed by atoms with Gasteiger partial charge in [0.15, 0.2) is 0 Å². The minimum atomic E-state index is 0.118. The predicted molar refractivity (Wildman–Crippen MR) is 76.4 cm³/mol. The number of rotatable bonds is 3. The Balaban J connectivity index is 2.14. The third-order valence-electron chi connectivity index (χ3n) is 2.65. The van der Waals surface area contributed by atoms with Gasteiger partial charge in [-0.15, -0.1) is 22.7 Å². The van der Waals surface area contributed by atoms with Crippen LogP contribution in [0.1, 0.15) is 26.2 Å². The molecule has 0 saturated carbocycles. The quantitative estimate of drug-likeness (QED) is 0.890. The minimum absolute atomic E-state index is 0.118. The second kappa shape index (κ2) is 5.00. The van der Waals surface area contributed by atoms with Crippen LogP contribution in [0.3, 0.4) is 0 Å². The fourth-order valence-corrected chi connectivity index (χ4v) is 4.17. The summed E-state index contributed by atoms with van der Waals surface area (Å²) in [6.07, 6.45) is 0.914. The zero-order valence-electron chi connectivity index (χ0n) is 9.29. The number of thiophene rings is 2. The van der Waals surface area contributed by atoms with Gasteiger partial charge in [-0.2, -0.15) is 0 Å². The van der Waals surface area contributed by atoms with E-state index in [2.05, 4.69) is 47.3 Å². The van der Waals surface area contributed by atoms with Crippen LogP contribution in [-0.4, -0.2) is 0 Å². The summed E-state index contributed by atoms with van der Waals surface area (Å²) in [6, 6.07) is 4.41. The van der Waals surface area contributed by atoms with Gasteiger partial charge < -0.3 is 5.73 Å². The van der Waals surface area contributed by atoms with Crippen LogP contribution in [0, 0.1) is 13.8 Å². The van der Waals surface area contributed by atoms with E-state index in [0.717, 1.165) is 6.42 Å². The van der Waals surface area contributed by atoms with Crippen molar-refractivity contribution in [1.29, 1.82) is 0 Å².